The number of hydrogen-bond donors (Lipinski definition) is 1. The molecule has 1 atom stereocenters. The summed E-state index contributed by atoms with van der Waals surface area (Å²) in [5, 5.41) is 3.09. The van der Waals surface area contributed by atoms with Gasteiger partial charge in [0.2, 0.25) is 21.8 Å². The Kier molecular flexibility index (Phi) is 9.75. The van der Waals surface area contributed by atoms with Gasteiger partial charge < -0.3 is 15.0 Å². The third kappa shape index (κ3) is 7.71. The molecule has 1 aliphatic carbocycles. The van der Waals surface area contributed by atoms with Crippen LogP contribution in [0.25, 0.3) is 0 Å². The molecule has 1 saturated carbocycles. The number of benzene rings is 2. The van der Waals surface area contributed by atoms with Crippen molar-refractivity contribution >= 4 is 27.5 Å². The molecule has 0 radical (unpaired) electrons. The molecule has 1 aliphatic rings. The van der Waals surface area contributed by atoms with Crippen molar-refractivity contribution < 1.29 is 22.7 Å². The SMILES string of the molecule is COc1ccc(CN(C(=O)CCCN(c2ccccc2)S(C)(=O)=O)[C@H](C)C(=O)NC2CCCC2)cc1. The van der Waals surface area contributed by atoms with E-state index in [9.17, 15) is 18.0 Å². The number of nitrogens with one attached hydrogen (secondary N) is 1. The highest BCUT2D eigenvalue weighted by molar-refractivity contribution is 7.92. The van der Waals surface area contributed by atoms with Crippen LogP contribution in [0, 0.1) is 0 Å². The van der Waals surface area contributed by atoms with Crippen molar-refractivity contribution in [3.05, 3.63) is 60.2 Å². The van der Waals surface area contributed by atoms with Crippen molar-refractivity contribution in [1.82, 2.24) is 10.2 Å². The van der Waals surface area contributed by atoms with E-state index in [1.165, 1.54) is 4.31 Å². The van der Waals surface area contributed by atoms with Gasteiger partial charge in [0.15, 0.2) is 0 Å². The molecule has 0 aromatic heterocycles. The van der Waals surface area contributed by atoms with Gasteiger partial charge >= 0.3 is 0 Å². The second-order valence-electron chi connectivity index (χ2n) is 9.31. The van der Waals surface area contributed by atoms with Crippen LogP contribution in [0.1, 0.15) is 51.0 Å². The van der Waals surface area contributed by atoms with E-state index in [1.54, 1.807) is 43.2 Å². The van der Waals surface area contributed by atoms with Crippen molar-refractivity contribution in [2.75, 3.05) is 24.2 Å². The lowest BCUT2D eigenvalue weighted by Crippen LogP contribution is -2.49. The molecule has 3 rings (SSSR count). The van der Waals surface area contributed by atoms with Gasteiger partial charge in [-0.2, -0.15) is 0 Å². The summed E-state index contributed by atoms with van der Waals surface area (Å²) >= 11 is 0. The minimum atomic E-state index is -3.50. The number of amides is 2. The molecular weight excluding hydrogens is 478 g/mol. The minimum Gasteiger partial charge on any atom is -0.497 e. The van der Waals surface area contributed by atoms with E-state index in [0.29, 0.717) is 17.9 Å². The van der Waals surface area contributed by atoms with Crippen molar-refractivity contribution in [2.24, 2.45) is 0 Å². The normalized spacial score (nSPS) is 14.8. The molecule has 2 aromatic carbocycles. The molecule has 0 unspecified atom stereocenters. The Morgan fingerprint density at radius 2 is 1.69 bits per heavy atom. The molecule has 0 saturated heterocycles. The second kappa shape index (κ2) is 12.8. The Morgan fingerprint density at radius 1 is 1.06 bits per heavy atom. The maximum atomic E-state index is 13.4. The number of para-hydroxylation sites is 1. The summed E-state index contributed by atoms with van der Waals surface area (Å²) in [6, 6.07) is 15.7. The van der Waals surface area contributed by atoms with E-state index >= 15 is 0 Å². The fourth-order valence-electron chi connectivity index (χ4n) is 4.50. The number of carbonyl (C=O) groups is 2. The van der Waals surface area contributed by atoms with Gasteiger partial charge in [0.1, 0.15) is 11.8 Å². The molecule has 9 heteroatoms. The Bertz CT molecular complexity index is 1100. The van der Waals surface area contributed by atoms with E-state index < -0.39 is 16.1 Å². The van der Waals surface area contributed by atoms with Gasteiger partial charge in [0.05, 0.1) is 19.1 Å². The second-order valence-corrected chi connectivity index (χ2v) is 11.2. The molecule has 2 aromatic rings. The summed E-state index contributed by atoms with van der Waals surface area (Å²) in [7, 11) is -1.91. The van der Waals surface area contributed by atoms with Gasteiger partial charge in [-0.3, -0.25) is 13.9 Å². The van der Waals surface area contributed by atoms with Crippen LogP contribution in [0.2, 0.25) is 0 Å². The van der Waals surface area contributed by atoms with E-state index in [-0.39, 0.29) is 37.4 Å². The van der Waals surface area contributed by atoms with Crippen LogP contribution in [-0.2, 0) is 26.2 Å². The number of nitrogens with zero attached hydrogens (tertiary/aromatic N) is 2. The third-order valence-electron chi connectivity index (χ3n) is 6.58. The monoisotopic (exact) mass is 515 g/mol. The topological polar surface area (TPSA) is 96.0 Å². The molecule has 0 bridgehead atoms. The van der Waals surface area contributed by atoms with Gasteiger partial charge in [-0.15, -0.1) is 0 Å². The van der Waals surface area contributed by atoms with Gasteiger partial charge in [0, 0.05) is 25.6 Å². The fourth-order valence-corrected chi connectivity index (χ4v) is 5.47. The summed E-state index contributed by atoms with van der Waals surface area (Å²) < 4.78 is 31.3. The first kappa shape index (κ1) is 27.5. The van der Waals surface area contributed by atoms with E-state index in [4.69, 9.17) is 4.74 Å². The van der Waals surface area contributed by atoms with E-state index in [2.05, 4.69) is 5.32 Å². The first-order valence-electron chi connectivity index (χ1n) is 12.4. The molecule has 1 fully saturated rings. The first-order valence-corrected chi connectivity index (χ1v) is 14.3. The fraction of sp³-hybridized carbons (Fsp3) is 0.481. The highest BCUT2D eigenvalue weighted by Gasteiger charge is 2.28. The molecule has 8 nitrogen and oxygen atoms in total. The lowest BCUT2D eigenvalue weighted by Gasteiger charge is -2.30. The van der Waals surface area contributed by atoms with Gasteiger partial charge in [0.25, 0.3) is 0 Å². The Balaban J connectivity index is 1.70. The maximum Gasteiger partial charge on any atom is 0.242 e. The zero-order valence-corrected chi connectivity index (χ0v) is 22.2. The number of sulfonamides is 1. The largest absolute Gasteiger partial charge is 0.497 e. The van der Waals surface area contributed by atoms with Crippen molar-refractivity contribution in [3.63, 3.8) is 0 Å². The first-order chi connectivity index (χ1) is 17.2. The number of hydrogen-bond acceptors (Lipinski definition) is 5. The summed E-state index contributed by atoms with van der Waals surface area (Å²) in [6.45, 7) is 2.20. The van der Waals surface area contributed by atoms with Crippen LogP contribution in [0.5, 0.6) is 5.75 Å². The zero-order valence-electron chi connectivity index (χ0n) is 21.4. The summed E-state index contributed by atoms with van der Waals surface area (Å²) in [6.07, 6.45) is 5.75. The summed E-state index contributed by atoms with van der Waals surface area (Å²) in [5.74, 6) is 0.359. The van der Waals surface area contributed by atoms with Crippen LogP contribution in [0.15, 0.2) is 54.6 Å². The predicted octanol–water partition coefficient (Wildman–Crippen LogP) is 3.72. The summed E-state index contributed by atoms with van der Waals surface area (Å²) in [5.41, 5.74) is 1.44. The molecule has 2 amide bonds. The van der Waals surface area contributed by atoms with Crippen LogP contribution in [-0.4, -0.2) is 57.1 Å². The number of methoxy groups -OCH3 is 1. The average Bonchev–Trinajstić information content (AvgIpc) is 3.37. The average molecular weight is 516 g/mol. The highest BCUT2D eigenvalue weighted by atomic mass is 32.2. The lowest BCUT2D eigenvalue weighted by atomic mass is 10.1. The van der Waals surface area contributed by atoms with Gasteiger partial charge in [-0.05, 0) is 56.0 Å². The lowest BCUT2D eigenvalue weighted by molar-refractivity contribution is -0.141. The van der Waals surface area contributed by atoms with E-state index in [0.717, 1.165) is 37.5 Å². The van der Waals surface area contributed by atoms with Crippen LogP contribution >= 0.6 is 0 Å². The number of rotatable bonds is 12. The summed E-state index contributed by atoms with van der Waals surface area (Å²) in [4.78, 5) is 28.0. The van der Waals surface area contributed by atoms with E-state index in [1.807, 2.05) is 30.3 Å². The molecule has 0 aliphatic heterocycles. The molecular formula is C27H37N3O5S. The Morgan fingerprint density at radius 3 is 2.28 bits per heavy atom. The quantitative estimate of drug-likeness (QED) is 0.465. The standard InChI is InChI=1S/C27H37N3O5S/c1-21(27(32)28-23-10-7-8-11-23)29(20-22-15-17-25(35-2)18-16-22)26(31)14-9-19-30(36(3,33)34)24-12-5-4-6-13-24/h4-6,12-13,15-18,21,23H,7-11,14,19-20H2,1-3H3,(H,28,32)/t21-/m1/s1. The van der Waals surface area contributed by atoms with Crippen LogP contribution < -0.4 is 14.4 Å². The van der Waals surface area contributed by atoms with Gasteiger partial charge in [-0.25, -0.2) is 8.42 Å². The Labute approximate surface area is 214 Å². The van der Waals surface area contributed by atoms with Crippen molar-refractivity contribution in [3.8, 4) is 5.75 Å². The molecule has 36 heavy (non-hydrogen) atoms. The minimum absolute atomic E-state index is 0.121. The third-order valence-corrected chi connectivity index (χ3v) is 7.77. The molecule has 196 valence electrons. The van der Waals surface area contributed by atoms with Crippen LogP contribution in [0.4, 0.5) is 5.69 Å². The van der Waals surface area contributed by atoms with Crippen molar-refractivity contribution in [1.29, 1.82) is 0 Å². The van der Waals surface area contributed by atoms with Crippen LogP contribution in [0.3, 0.4) is 0 Å². The zero-order chi connectivity index (χ0) is 26.1. The van der Waals surface area contributed by atoms with Crippen molar-refractivity contribution in [2.45, 2.75) is 64.1 Å². The Hall–Kier alpha value is -3.07. The maximum absolute atomic E-state index is 13.4. The molecule has 0 heterocycles. The van der Waals surface area contributed by atoms with Gasteiger partial charge in [-0.1, -0.05) is 43.2 Å². The predicted molar refractivity (Wildman–Crippen MR) is 141 cm³/mol. The number of anilines is 1. The number of carbonyl (C=O) groups excluding carboxylic acids is 2. The smallest absolute Gasteiger partial charge is 0.242 e. The molecule has 1 N–H and O–H groups in total. The molecule has 0 spiro atoms. The number of ether oxygens (including phenoxy) is 1. The highest BCUT2D eigenvalue weighted by Crippen LogP contribution is 2.21.